The highest BCUT2D eigenvalue weighted by atomic mass is 16.5. The smallest absolute Gasteiger partial charge is 0.315 e. The molecule has 0 radical (unpaired) electrons. The van der Waals surface area contributed by atoms with Gasteiger partial charge in [-0.3, -0.25) is 24.5 Å². The molecule has 27 heavy (non-hydrogen) atoms. The van der Waals surface area contributed by atoms with Gasteiger partial charge in [0.25, 0.3) is 11.8 Å². The topological polar surface area (TPSA) is 154 Å². The van der Waals surface area contributed by atoms with E-state index in [4.69, 9.17) is 10.9 Å². The van der Waals surface area contributed by atoms with E-state index >= 15 is 0 Å². The molecular formula is C17H23N5O5. The first kappa shape index (κ1) is 20.3. The maximum atomic E-state index is 12.3. The average Bonchev–Trinajstić information content (AvgIpc) is 2.66. The Morgan fingerprint density at radius 2 is 1.96 bits per heavy atom. The van der Waals surface area contributed by atoms with Crippen molar-refractivity contribution in [1.82, 2.24) is 21.0 Å². The van der Waals surface area contributed by atoms with E-state index in [1.165, 1.54) is 5.48 Å². The number of benzene rings is 1. The van der Waals surface area contributed by atoms with Crippen LogP contribution < -0.4 is 21.8 Å². The van der Waals surface area contributed by atoms with Crippen molar-refractivity contribution in [3.8, 4) is 0 Å². The zero-order chi connectivity index (χ0) is 19.8. The first-order chi connectivity index (χ1) is 12.9. The first-order valence-electron chi connectivity index (χ1n) is 8.51. The number of hydroxylamine groups is 1. The summed E-state index contributed by atoms with van der Waals surface area (Å²) in [5, 5.41) is 13.6. The van der Waals surface area contributed by atoms with E-state index in [1.807, 2.05) is 30.3 Å². The summed E-state index contributed by atoms with van der Waals surface area (Å²) >= 11 is 0. The zero-order valence-corrected chi connectivity index (χ0v) is 14.7. The van der Waals surface area contributed by atoms with Crippen LogP contribution in [0.3, 0.4) is 0 Å². The third kappa shape index (κ3) is 6.04. The van der Waals surface area contributed by atoms with Gasteiger partial charge in [-0.05, 0) is 18.4 Å². The van der Waals surface area contributed by atoms with Crippen LogP contribution in [-0.4, -0.2) is 59.0 Å². The predicted octanol–water partition coefficient (Wildman–Crippen LogP) is -1.12. The minimum Gasteiger partial charge on any atom is -0.337 e. The summed E-state index contributed by atoms with van der Waals surface area (Å²) in [6, 6.07) is 7.77. The lowest BCUT2D eigenvalue weighted by molar-refractivity contribution is -0.153. The van der Waals surface area contributed by atoms with Crippen molar-refractivity contribution in [2.75, 3.05) is 13.1 Å². The third-order valence-corrected chi connectivity index (χ3v) is 4.11. The largest absolute Gasteiger partial charge is 0.337 e. The lowest BCUT2D eigenvalue weighted by Crippen LogP contribution is -2.58. The fraction of sp³-hybridized carbons (Fsp3) is 0.412. The van der Waals surface area contributed by atoms with Crippen molar-refractivity contribution in [2.45, 2.75) is 31.3 Å². The molecule has 2 rings (SSSR count). The number of urea groups is 1. The number of nitrogens with two attached hydrogens (primary N) is 1. The number of nitrogens with zero attached hydrogens (tertiary/aromatic N) is 1. The number of hydrogen-bond donors (Lipinski definition) is 5. The molecule has 5 amide bonds. The molecule has 10 nitrogen and oxygen atoms in total. The van der Waals surface area contributed by atoms with E-state index in [9.17, 15) is 19.2 Å². The molecule has 0 aliphatic carbocycles. The zero-order valence-electron chi connectivity index (χ0n) is 14.7. The molecule has 0 bridgehead atoms. The van der Waals surface area contributed by atoms with Gasteiger partial charge in [-0.25, -0.2) is 10.3 Å². The Bertz CT molecular complexity index is 696. The summed E-state index contributed by atoms with van der Waals surface area (Å²) in [5.74, 6) is -2.13. The summed E-state index contributed by atoms with van der Waals surface area (Å²) in [6.45, 7) is -0.396. The van der Waals surface area contributed by atoms with Gasteiger partial charge in [0.2, 0.25) is 5.91 Å². The maximum Gasteiger partial charge on any atom is 0.315 e. The van der Waals surface area contributed by atoms with Crippen molar-refractivity contribution >= 4 is 23.8 Å². The molecule has 146 valence electrons. The number of carbonyl (C=O) groups is 4. The molecule has 0 saturated carbocycles. The molecule has 1 saturated heterocycles. The van der Waals surface area contributed by atoms with Crippen LogP contribution in [0.4, 0.5) is 4.79 Å². The molecule has 1 aromatic rings. The minimum atomic E-state index is -0.931. The van der Waals surface area contributed by atoms with Gasteiger partial charge < -0.3 is 16.4 Å². The van der Waals surface area contributed by atoms with Crippen LogP contribution in [0.2, 0.25) is 0 Å². The van der Waals surface area contributed by atoms with Crippen molar-refractivity contribution in [1.29, 1.82) is 0 Å². The highest BCUT2D eigenvalue weighted by Crippen LogP contribution is 2.13. The predicted molar refractivity (Wildman–Crippen MR) is 94.3 cm³/mol. The van der Waals surface area contributed by atoms with Gasteiger partial charge in [-0.15, -0.1) is 0 Å². The molecule has 2 atom stereocenters. The van der Waals surface area contributed by atoms with Crippen LogP contribution in [0.1, 0.15) is 18.4 Å². The Morgan fingerprint density at radius 1 is 1.26 bits per heavy atom. The second-order valence-corrected chi connectivity index (χ2v) is 6.25. The standard InChI is InChI=1S/C17H23N5O5/c18-12(8-11-4-2-1-3-5-11)9-19-17(26)20-13-6-7-15(24)22(16(13)25)10-14(23)21-27/h1-5,12-13,27H,6-10,18H2,(H,21,23)(H2,19,20,26)/t12-,13-/m0/s1. The molecule has 0 spiro atoms. The normalized spacial score (nSPS) is 18.0. The summed E-state index contributed by atoms with van der Waals surface area (Å²) in [7, 11) is 0. The van der Waals surface area contributed by atoms with Crippen LogP contribution in [0.5, 0.6) is 0 Å². The number of piperidine rings is 1. The lowest BCUT2D eigenvalue weighted by Gasteiger charge is -2.30. The van der Waals surface area contributed by atoms with Crippen molar-refractivity contribution in [3.05, 3.63) is 35.9 Å². The first-order valence-corrected chi connectivity index (χ1v) is 8.51. The number of likely N-dealkylation sites (tertiary alicyclic amines) is 1. The lowest BCUT2D eigenvalue weighted by atomic mass is 10.0. The Labute approximate surface area is 156 Å². The van der Waals surface area contributed by atoms with Gasteiger partial charge in [0, 0.05) is 19.0 Å². The molecule has 1 heterocycles. The second kappa shape index (κ2) is 9.64. The minimum absolute atomic E-state index is 0.00289. The summed E-state index contributed by atoms with van der Waals surface area (Å²) in [6.07, 6.45) is 0.726. The van der Waals surface area contributed by atoms with Crippen LogP contribution >= 0.6 is 0 Å². The summed E-state index contributed by atoms with van der Waals surface area (Å²) in [4.78, 5) is 48.0. The van der Waals surface area contributed by atoms with Crippen molar-refractivity contribution in [3.63, 3.8) is 0 Å². The van der Waals surface area contributed by atoms with Crippen LogP contribution in [0.25, 0.3) is 0 Å². The van der Waals surface area contributed by atoms with E-state index in [2.05, 4.69) is 10.6 Å². The molecule has 0 unspecified atom stereocenters. The fourth-order valence-electron chi connectivity index (χ4n) is 2.74. The molecule has 0 aromatic heterocycles. The SMILES string of the molecule is N[C@H](CNC(=O)N[C@H]1CCC(=O)N(CC(=O)NO)C1=O)Cc1ccccc1. The molecule has 1 aliphatic heterocycles. The summed E-state index contributed by atoms with van der Waals surface area (Å²) < 4.78 is 0. The highest BCUT2D eigenvalue weighted by molar-refractivity contribution is 6.04. The number of hydrogen-bond acceptors (Lipinski definition) is 6. The fourth-order valence-corrected chi connectivity index (χ4v) is 2.74. The molecule has 6 N–H and O–H groups in total. The van der Waals surface area contributed by atoms with Gasteiger partial charge in [0.05, 0.1) is 0 Å². The van der Waals surface area contributed by atoms with Crippen molar-refractivity contribution in [2.24, 2.45) is 5.73 Å². The molecule has 1 fully saturated rings. The molecule has 1 aromatic carbocycles. The molecule has 10 heteroatoms. The Balaban J connectivity index is 1.81. The summed E-state index contributed by atoms with van der Waals surface area (Å²) in [5.41, 5.74) is 8.40. The quantitative estimate of drug-likeness (QED) is 0.230. The highest BCUT2D eigenvalue weighted by Gasteiger charge is 2.36. The van der Waals surface area contributed by atoms with E-state index in [0.29, 0.717) is 11.3 Å². The van der Waals surface area contributed by atoms with Crippen LogP contribution in [0.15, 0.2) is 30.3 Å². The number of nitrogens with one attached hydrogen (secondary N) is 3. The van der Waals surface area contributed by atoms with E-state index in [-0.39, 0.29) is 25.4 Å². The van der Waals surface area contributed by atoms with Crippen LogP contribution in [0, 0.1) is 0 Å². The van der Waals surface area contributed by atoms with E-state index in [1.54, 1.807) is 0 Å². The molecule has 1 aliphatic rings. The second-order valence-electron chi connectivity index (χ2n) is 6.25. The van der Waals surface area contributed by atoms with Crippen LogP contribution in [-0.2, 0) is 20.8 Å². The third-order valence-electron chi connectivity index (χ3n) is 4.11. The van der Waals surface area contributed by atoms with Gasteiger partial charge in [-0.1, -0.05) is 30.3 Å². The number of carbonyl (C=O) groups excluding carboxylic acids is 4. The van der Waals surface area contributed by atoms with Gasteiger partial charge >= 0.3 is 6.03 Å². The monoisotopic (exact) mass is 377 g/mol. The maximum absolute atomic E-state index is 12.3. The Morgan fingerprint density at radius 3 is 2.63 bits per heavy atom. The number of rotatable bonds is 7. The Hall–Kier alpha value is -2.98. The molecular weight excluding hydrogens is 354 g/mol. The average molecular weight is 377 g/mol. The number of amides is 5. The van der Waals surface area contributed by atoms with Gasteiger partial charge in [-0.2, -0.15) is 0 Å². The van der Waals surface area contributed by atoms with E-state index in [0.717, 1.165) is 5.56 Å². The van der Waals surface area contributed by atoms with Gasteiger partial charge in [0.15, 0.2) is 0 Å². The number of imide groups is 1. The van der Waals surface area contributed by atoms with E-state index < -0.39 is 36.3 Å². The van der Waals surface area contributed by atoms with Gasteiger partial charge in [0.1, 0.15) is 12.6 Å². The Kier molecular flexibility index (Phi) is 7.26. The van der Waals surface area contributed by atoms with Crippen molar-refractivity contribution < 1.29 is 24.4 Å².